The number of benzene rings is 1. The van der Waals surface area contributed by atoms with E-state index in [1.165, 1.54) is 56.5 Å². The Labute approximate surface area is 167 Å². The van der Waals surface area contributed by atoms with Crippen LogP contribution in [-0.4, -0.2) is 35.1 Å². The molecule has 2 aromatic heterocycles. The molecule has 146 valence electrons. The summed E-state index contributed by atoms with van der Waals surface area (Å²) in [5.74, 6) is 0.747. The number of piperidine rings is 1. The zero-order chi connectivity index (χ0) is 18.9. The molecule has 0 atom stereocenters. The summed E-state index contributed by atoms with van der Waals surface area (Å²) in [4.78, 5) is 19.5. The van der Waals surface area contributed by atoms with Crippen LogP contribution in [0.5, 0.6) is 5.95 Å². The fraction of sp³-hybridized carbons (Fsp3) is 0.429. The number of furan rings is 1. The molecule has 0 bridgehead atoms. The predicted molar refractivity (Wildman–Crippen MR) is 109 cm³/mol. The predicted octanol–water partition coefficient (Wildman–Crippen LogP) is 5.23. The summed E-state index contributed by atoms with van der Waals surface area (Å²) in [5.41, 5.74) is 1.69. The first-order valence-corrected chi connectivity index (χ1v) is 10.7. The van der Waals surface area contributed by atoms with Crippen LogP contribution >= 0.6 is 11.3 Å². The van der Waals surface area contributed by atoms with Crippen LogP contribution in [0.1, 0.15) is 43.0 Å². The van der Waals surface area contributed by atoms with E-state index in [9.17, 15) is 4.79 Å². The molecule has 6 nitrogen and oxygen atoms in total. The lowest BCUT2D eigenvalue weighted by Gasteiger charge is -2.43. The number of nitrogens with one attached hydrogen (secondary N) is 1. The molecule has 7 heteroatoms. The molecule has 0 spiro atoms. The molecule has 0 unspecified atom stereocenters. The number of nitrogens with zero attached hydrogens (tertiary/aromatic N) is 2. The number of fused-ring (bicyclic) bond motifs is 1. The van der Waals surface area contributed by atoms with Crippen molar-refractivity contribution in [2.24, 2.45) is 0 Å². The summed E-state index contributed by atoms with van der Waals surface area (Å²) in [6.45, 7) is 2.53. The van der Waals surface area contributed by atoms with Gasteiger partial charge in [-0.05, 0) is 63.0 Å². The fourth-order valence-electron chi connectivity index (χ4n) is 4.12. The molecule has 1 saturated heterocycles. The minimum absolute atomic E-state index is 0.173. The van der Waals surface area contributed by atoms with Gasteiger partial charge < -0.3 is 14.1 Å². The van der Waals surface area contributed by atoms with Crippen LogP contribution in [0.3, 0.4) is 0 Å². The van der Waals surface area contributed by atoms with Gasteiger partial charge in [0.05, 0.1) is 21.5 Å². The second kappa shape index (κ2) is 7.56. The molecular weight excluding hydrogens is 374 g/mol. The molecule has 1 aromatic carbocycles. The normalized spacial score (nSPS) is 22.7. The molecular formula is C21H23N3O3S. The summed E-state index contributed by atoms with van der Waals surface area (Å²) in [5, 5.41) is 3.96. The molecule has 0 radical (unpaired) electrons. The number of amides is 1. The Morgan fingerprint density at radius 1 is 1.21 bits per heavy atom. The molecule has 1 aliphatic carbocycles. The van der Waals surface area contributed by atoms with Crippen LogP contribution in [0.4, 0.5) is 10.5 Å². The number of carbonyl (C=O) groups is 1. The first-order chi connectivity index (χ1) is 13.7. The number of rotatable bonds is 4. The Morgan fingerprint density at radius 2 is 2.07 bits per heavy atom. The van der Waals surface area contributed by atoms with Crippen molar-refractivity contribution in [1.82, 2.24) is 9.88 Å². The Balaban J connectivity index is 1.22. The smallest absolute Gasteiger partial charge is 0.419 e. The lowest BCUT2D eigenvalue weighted by Crippen LogP contribution is -2.46. The maximum atomic E-state index is 12.0. The zero-order valence-corrected chi connectivity index (χ0v) is 16.4. The van der Waals surface area contributed by atoms with E-state index in [1.54, 1.807) is 23.5 Å². The highest BCUT2D eigenvalue weighted by Crippen LogP contribution is 2.43. The van der Waals surface area contributed by atoms with Gasteiger partial charge >= 0.3 is 6.09 Å². The molecule has 5 rings (SSSR count). The average molecular weight is 398 g/mol. The lowest BCUT2D eigenvalue weighted by molar-refractivity contribution is 0.0888. The van der Waals surface area contributed by atoms with Gasteiger partial charge in [-0.15, -0.1) is 11.3 Å². The van der Waals surface area contributed by atoms with Crippen LogP contribution < -0.4 is 10.1 Å². The fourth-order valence-corrected chi connectivity index (χ4v) is 5.25. The van der Waals surface area contributed by atoms with Crippen molar-refractivity contribution in [2.45, 2.75) is 44.1 Å². The summed E-state index contributed by atoms with van der Waals surface area (Å²) in [7, 11) is 0. The van der Waals surface area contributed by atoms with Crippen molar-refractivity contribution in [1.29, 1.82) is 0 Å². The van der Waals surface area contributed by atoms with E-state index in [0.29, 0.717) is 11.6 Å². The van der Waals surface area contributed by atoms with E-state index >= 15 is 0 Å². The Bertz CT molecular complexity index is 957. The van der Waals surface area contributed by atoms with E-state index in [1.807, 2.05) is 18.2 Å². The van der Waals surface area contributed by atoms with Gasteiger partial charge in [0.2, 0.25) is 0 Å². The average Bonchev–Trinajstić information content (AvgIpc) is 3.30. The maximum Gasteiger partial charge on any atom is 0.419 e. The molecule has 1 aliphatic heterocycles. The highest BCUT2D eigenvalue weighted by atomic mass is 32.1. The topological polar surface area (TPSA) is 67.6 Å². The second-order valence-corrected chi connectivity index (χ2v) is 8.66. The summed E-state index contributed by atoms with van der Waals surface area (Å²) < 4.78 is 11.2. The van der Waals surface area contributed by atoms with Crippen LogP contribution in [0, 0.1) is 0 Å². The summed E-state index contributed by atoms with van der Waals surface area (Å²) in [6, 6.07) is 9.77. The summed E-state index contributed by atoms with van der Waals surface area (Å²) in [6.07, 6.45) is 7.42. The van der Waals surface area contributed by atoms with Gasteiger partial charge in [0.25, 0.3) is 5.95 Å². The number of thiazole rings is 1. The van der Waals surface area contributed by atoms with Crippen molar-refractivity contribution >= 4 is 33.3 Å². The van der Waals surface area contributed by atoms with Gasteiger partial charge in [0.1, 0.15) is 0 Å². The first kappa shape index (κ1) is 17.7. The lowest BCUT2D eigenvalue weighted by atomic mass is 9.79. The van der Waals surface area contributed by atoms with E-state index in [0.717, 1.165) is 16.3 Å². The number of hydrogen-bond donors (Lipinski definition) is 1. The van der Waals surface area contributed by atoms with Crippen molar-refractivity contribution < 1.29 is 13.9 Å². The Morgan fingerprint density at radius 3 is 2.86 bits per heavy atom. The first-order valence-electron chi connectivity index (χ1n) is 9.91. The summed E-state index contributed by atoms with van der Waals surface area (Å²) >= 11 is 1.74. The third-order valence-corrected chi connectivity index (χ3v) is 6.89. The van der Waals surface area contributed by atoms with Gasteiger partial charge in [0, 0.05) is 23.7 Å². The van der Waals surface area contributed by atoms with E-state index < -0.39 is 6.09 Å². The standard InChI is InChI=1S/C21H23N3O3S/c25-21(27-19-5-4-10-26-19)22-15-6-7-17-18(13-15)28-20(23-17)14-11-16(12-14)24-8-2-1-3-9-24/h4-7,10,13-14,16H,1-3,8-9,11-12H2,(H,22,25)/t14-,16+. The Hall–Kier alpha value is -2.38. The largest absolute Gasteiger partial charge is 0.434 e. The second-order valence-electron chi connectivity index (χ2n) is 7.60. The molecule has 2 aliphatic rings. The molecule has 1 N–H and O–H groups in total. The van der Waals surface area contributed by atoms with Gasteiger partial charge in [0.15, 0.2) is 0 Å². The van der Waals surface area contributed by atoms with Crippen LogP contribution in [0.25, 0.3) is 10.2 Å². The monoisotopic (exact) mass is 397 g/mol. The van der Waals surface area contributed by atoms with Crippen molar-refractivity contribution in [3.63, 3.8) is 0 Å². The van der Waals surface area contributed by atoms with Crippen molar-refractivity contribution in [3.05, 3.63) is 41.6 Å². The molecule has 1 amide bonds. The molecule has 3 aromatic rings. The van der Waals surface area contributed by atoms with E-state index in [-0.39, 0.29) is 5.95 Å². The number of ether oxygens (including phenoxy) is 1. The number of anilines is 1. The number of carbonyl (C=O) groups excluding carboxylic acids is 1. The minimum atomic E-state index is -0.567. The highest BCUT2D eigenvalue weighted by molar-refractivity contribution is 7.18. The Kier molecular flexibility index (Phi) is 4.78. The van der Waals surface area contributed by atoms with Gasteiger partial charge in [-0.1, -0.05) is 6.42 Å². The van der Waals surface area contributed by atoms with Gasteiger partial charge in [-0.3, -0.25) is 5.32 Å². The van der Waals surface area contributed by atoms with E-state index in [2.05, 4.69) is 10.2 Å². The van der Waals surface area contributed by atoms with Crippen molar-refractivity contribution in [2.75, 3.05) is 18.4 Å². The number of aromatic nitrogens is 1. The zero-order valence-electron chi connectivity index (χ0n) is 15.6. The third kappa shape index (κ3) is 3.64. The van der Waals surface area contributed by atoms with Crippen molar-refractivity contribution in [3.8, 4) is 5.95 Å². The van der Waals surface area contributed by atoms with Crippen LogP contribution in [0.15, 0.2) is 41.0 Å². The molecule has 2 fully saturated rings. The number of likely N-dealkylation sites (tertiary alicyclic amines) is 1. The SMILES string of the molecule is O=C(Nc1ccc2nc([C@H]3C[C@@H](N4CCCCC4)C3)sc2c1)Oc1ccco1. The van der Waals surface area contributed by atoms with Crippen LogP contribution in [0.2, 0.25) is 0 Å². The highest BCUT2D eigenvalue weighted by Gasteiger charge is 2.36. The van der Waals surface area contributed by atoms with E-state index in [4.69, 9.17) is 14.1 Å². The molecule has 28 heavy (non-hydrogen) atoms. The van der Waals surface area contributed by atoms with Gasteiger partial charge in [-0.25, -0.2) is 9.78 Å². The quantitative estimate of drug-likeness (QED) is 0.653. The maximum absolute atomic E-state index is 12.0. The molecule has 3 heterocycles. The number of hydrogen-bond acceptors (Lipinski definition) is 6. The van der Waals surface area contributed by atoms with Gasteiger partial charge in [-0.2, -0.15) is 0 Å². The van der Waals surface area contributed by atoms with Crippen LogP contribution in [-0.2, 0) is 0 Å². The molecule has 1 saturated carbocycles. The minimum Gasteiger partial charge on any atom is -0.434 e. The third-order valence-electron chi connectivity index (χ3n) is 5.71.